The lowest BCUT2D eigenvalue weighted by Crippen LogP contribution is -2.03. The predicted molar refractivity (Wildman–Crippen MR) is 104 cm³/mol. The van der Waals surface area contributed by atoms with E-state index in [1.54, 1.807) is 0 Å². The van der Waals surface area contributed by atoms with E-state index in [1.165, 1.54) is 0 Å². The molecule has 124 valence electrons. The van der Waals surface area contributed by atoms with Gasteiger partial charge in [-0.1, -0.05) is 67.6 Å². The Morgan fingerprint density at radius 3 is 2.36 bits per heavy atom. The summed E-state index contributed by atoms with van der Waals surface area (Å²) >= 11 is 0. The number of rotatable bonds is 4. The van der Waals surface area contributed by atoms with Crippen molar-refractivity contribution in [2.45, 2.75) is 26.3 Å². The first-order valence-corrected chi connectivity index (χ1v) is 8.82. The average Bonchev–Trinajstić information content (AvgIpc) is 3.06. The zero-order chi connectivity index (χ0) is 17.4. The summed E-state index contributed by atoms with van der Waals surface area (Å²) in [5.74, 6) is 0.0926. The summed E-state index contributed by atoms with van der Waals surface area (Å²) in [5, 5.41) is 3.13. The Morgan fingerprint density at radius 1 is 0.880 bits per heavy atom. The van der Waals surface area contributed by atoms with Crippen LogP contribution < -0.4 is 0 Å². The predicted octanol–water partition coefficient (Wildman–Crippen LogP) is 6.00. The van der Waals surface area contributed by atoms with Gasteiger partial charge >= 0.3 is 0 Å². The molecule has 2 nitrogen and oxygen atoms in total. The van der Waals surface area contributed by atoms with Crippen LogP contribution in [-0.2, 0) is 0 Å². The van der Waals surface area contributed by atoms with Crippen molar-refractivity contribution < 1.29 is 4.79 Å². The minimum absolute atomic E-state index is 0.0926. The molecule has 25 heavy (non-hydrogen) atoms. The second-order valence-corrected chi connectivity index (χ2v) is 6.58. The van der Waals surface area contributed by atoms with Crippen molar-refractivity contribution in [3.8, 4) is 0 Å². The fourth-order valence-electron chi connectivity index (χ4n) is 3.52. The Hall–Kier alpha value is -2.87. The van der Waals surface area contributed by atoms with Crippen LogP contribution in [0.4, 0.5) is 0 Å². The number of ketones is 1. The highest BCUT2D eigenvalue weighted by molar-refractivity contribution is 6.21. The first-order chi connectivity index (χ1) is 12.2. The van der Waals surface area contributed by atoms with E-state index in [0.29, 0.717) is 6.04 Å². The fourth-order valence-corrected chi connectivity index (χ4v) is 3.52. The van der Waals surface area contributed by atoms with E-state index in [0.717, 1.165) is 39.2 Å². The second-order valence-electron chi connectivity index (χ2n) is 6.58. The highest BCUT2D eigenvalue weighted by atomic mass is 16.1. The highest BCUT2D eigenvalue weighted by Crippen LogP contribution is 2.29. The number of para-hydroxylation sites is 1. The summed E-state index contributed by atoms with van der Waals surface area (Å²) in [6, 6.07) is 22.6. The Labute approximate surface area is 147 Å². The smallest absolute Gasteiger partial charge is 0.195 e. The summed E-state index contributed by atoms with van der Waals surface area (Å²) in [4.78, 5) is 13.4. The lowest BCUT2D eigenvalue weighted by molar-refractivity contribution is 0.104. The van der Waals surface area contributed by atoms with Crippen LogP contribution in [0, 0.1) is 0 Å². The Kier molecular flexibility index (Phi) is 3.89. The van der Waals surface area contributed by atoms with Crippen molar-refractivity contribution in [1.29, 1.82) is 0 Å². The number of hydrogen-bond acceptors (Lipinski definition) is 1. The normalized spacial score (nSPS) is 12.6. The molecule has 2 heteroatoms. The molecule has 0 N–H and O–H groups in total. The molecule has 0 aliphatic heterocycles. The molecule has 1 atom stereocenters. The van der Waals surface area contributed by atoms with Gasteiger partial charge in [0.05, 0.1) is 0 Å². The molecule has 0 aliphatic rings. The van der Waals surface area contributed by atoms with Gasteiger partial charge in [0.1, 0.15) is 0 Å². The van der Waals surface area contributed by atoms with Crippen molar-refractivity contribution in [2.24, 2.45) is 0 Å². The lowest BCUT2D eigenvalue weighted by atomic mass is 9.97. The van der Waals surface area contributed by atoms with Crippen LogP contribution in [0.3, 0.4) is 0 Å². The molecule has 0 saturated carbocycles. The van der Waals surface area contributed by atoms with Gasteiger partial charge < -0.3 is 4.57 Å². The fraction of sp³-hybridized carbons (Fsp3) is 0.174. The number of fused-ring (bicyclic) bond motifs is 2. The van der Waals surface area contributed by atoms with E-state index in [-0.39, 0.29) is 5.78 Å². The van der Waals surface area contributed by atoms with Crippen molar-refractivity contribution >= 4 is 27.5 Å². The third-order valence-corrected chi connectivity index (χ3v) is 5.09. The number of hydrogen-bond donors (Lipinski definition) is 0. The number of carbonyl (C=O) groups is 1. The molecule has 3 aromatic carbocycles. The van der Waals surface area contributed by atoms with Crippen LogP contribution >= 0.6 is 0 Å². The number of nitrogens with zero attached hydrogens (tertiary/aromatic N) is 1. The highest BCUT2D eigenvalue weighted by Gasteiger charge is 2.19. The van der Waals surface area contributed by atoms with Gasteiger partial charge in [0.2, 0.25) is 0 Å². The molecule has 0 spiro atoms. The SMILES string of the molecule is CC[C@@H](C)n1cc(C(=O)c2cccc3ccccc23)c2ccccc21. The molecule has 0 saturated heterocycles. The maximum Gasteiger partial charge on any atom is 0.195 e. The number of carbonyl (C=O) groups excluding carboxylic acids is 1. The van der Waals surface area contributed by atoms with E-state index in [9.17, 15) is 4.79 Å². The van der Waals surface area contributed by atoms with Gasteiger partial charge in [-0.05, 0) is 30.2 Å². The van der Waals surface area contributed by atoms with Crippen LogP contribution in [0.2, 0.25) is 0 Å². The summed E-state index contributed by atoms with van der Waals surface area (Å²) in [6.07, 6.45) is 3.06. The minimum Gasteiger partial charge on any atom is -0.344 e. The largest absolute Gasteiger partial charge is 0.344 e. The van der Waals surface area contributed by atoms with Crippen molar-refractivity contribution in [1.82, 2.24) is 4.57 Å². The quantitative estimate of drug-likeness (QED) is 0.422. The van der Waals surface area contributed by atoms with Gasteiger partial charge in [-0.15, -0.1) is 0 Å². The number of aromatic nitrogens is 1. The topological polar surface area (TPSA) is 22.0 Å². The van der Waals surface area contributed by atoms with Crippen molar-refractivity contribution in [3.63, 3.8) is 0 Å². The van der Waals surface area contributed by atoms with Crippen LogP contribution in [-0.4, -0.2) is 10.4 Å². The first-order valence-electron chi connectivity index (χ1n) is 8.82. The molecule has 1 heterocycles. The van der Waals surface area contributed by atoms with E-state index in [4.69, 9.17) is 0 Å². The molecule has 0 radical (unpaired) electrons. The van der Waals surface area contributed by atoms with Crippen LogP contribution in [0.5, 0.6) is 0 Å². The summed E-state index contributed by atoms with van der Waals surface area (Å²) < 4.78 is 2.23. The average molecular weight is 327 g/mol. The molecule has 4 rings (SSSR count). The molecule has 0 unspecified atom stereocenters. The monoisotopic (exact) mass is 327 g/mol. The van der Waals surface area contributed by atoms with Gasteiger partial charge in [0, 0.05) is 34.3 Å². The van der Waals surface area contributed by atoms with Gasteiger partial charge in [0.15, 0.2) is 5.78 Å². The van der Waals surface area contributed by atoms with E-state index in [1.807, 2.05) is 54.7 Å². The van der Waals surface area contributed by atoms with E-state index in [2.05, 4.69) is 36.6 Å². The van der Waals surface area contributed by atoms with Crippen LogP contribution in [0.15, 0.2) is 72.9 Å². The standard InChI is InChI=1S/C23H21NO/c1-3-16(2)24-15-21(19-12-6-7-14-22(19)24)23(25)20-13-8-10-17-9-4-5-11-18(17)20/h4-16H,3H2,1-2H3/t16-/m1/s1. The summed E-state index contributed by atoms with van der Waals surface area (Å²) in [5.41, 5.74) is 2.68. The third-order valence-electron chi connectivity index (χ3n) is 5.09. The Balaban J connectivity index is 1.94. The van der Waals surface area contributed by atoms with Crippen molar-refractivity contribution in [3.05, 3.63) is 84.1 Å². The second kappa shape index (κ2) is 6.21. The molecule has 4 aromatic rings. The minimum atomic E-state index is 0.0926. The molecular formula is C23H21NO. The lowest BCUT2D eigenvalue weighted by Gasteiger charge is -2.12. The maximum atomic E-state index is 13.4. The van der Waals surface area contributed by atoms with Crippen LogP contribution in [0.1, 0.15) is 42.2 Å². The van der Waals surface area contributed by atoms with Gasteiger partial charge in [-0.25, -0.2) is 0 Å². The first kappa shape index (κ1) is 15.6. The molecule has 0 bridgehead atoms. The van der Waals surface area contributed by atoms with Crippen molar-refractivity contribution in [2.75, 3.05) is 0 Å². The van der Waals surface area contributed by atoms with Gasteiger partial charge in [-0.3, -0.25) is 4.79 Å². The van der Waals surface area contributed by atoms with E-state index < -0.39 is 0 Å². The maximum absolute atomic E-state index is 13.4. The summed E-state index contributed by atoms with van der Waals surface area (Å²) in [7, 11) is 0. The zero-order valence-corrected chi connectivity index (χ0v) is 14.6. The Bertz CT molecular complexity index is 1070. The third kappa shape index (κ3) is 2.54. The van der Waals surface area contributed by atoms with E-state index >= 15 is 0 Å². The number of benzene rings is 3. The molecule has 0 aliphatic carbocycles. The van der Waals surface area contributed by atoms with Gasteiger partial charge in [0.25, 0.3) is 0 Å². The van der Waals surface area contributed by atoms with Gasteiger partial charge in [-0.2, -0.15) is 0 Å². The zero-order valence-electron chi connectivity index (χ0n) is 14.6. The molecular weight excluding hydrogens is 306 g/mol. The molecule has 1 aromatic heterocycles. The summed E-state index contributed by atoms with van der Waals surface area (Å²) in [6.45, 7) is 4.37. The molecule has 0 amide bonds. The van der Waals surface area contributed by atoms with Crippen LogP contribution in [0.25, 0.3) is 21.7 Å². The molecule has 0 fully saturated rings. The Morgan fingerprint density at radius 2 is 1.56 bits per heavy atom.